The number of esters is 1. The van der Waals surface area contributed by atoms with Gasteiger partial charge in [0.05, 0.1) is 6.10 Å². The van der Waals surface area contributed by atoms with Crippen LogP contribution in [0.25, 0.3) is 0 Å². The van der Waals surface area contributed by atoms with E-state index in [4.69, 9.17) is 5.11 Å². The summed E-state index contributed by atoms with van der Waals surface area (Å²) in [7, 11) is 0. The summed E-state index contributed by atoms with van der Waals surface area (Å²) < 4.78 is 4.51. The highest BCUT2D eigenvalue weighted by molar-refractivity contribution is 5.70. The Morgan fingerprint density at radius 3 is 2.22 bits per heavy atom. The first-order valence-electron chi connectivity index (χ1n) is 2.47. The molecule has 0 atom stereocenters. The smallest absolute Gasteiger partial charge is 0.332 e. The molecule has 0 aliphatic carbocycles. The molecular formula is C5H13NO3. The molecule has 0 aliphatic heterocycles. The summed E-state index contributed by atoms with van der Waals surface area (Å²) >= 11 is 0. The zero-order valence-corrected chi connectivity index (χ0v) is 5.76. The topological polar surface area (TPSA) is 81.5 Å². The van der Waals surface area contributed by atoms with E-state index in [1.165, 1.54) is 0 Å². The SMILES string of the molecule is CC(C)OC(=O)CO.N. The molecule has 0 aromatic carbocycles. The fraction of sp³-hybridized carbons (Fsp3) is 0.800. The number of carbonyl (C=O) groups is 1. The molecule has 0 bridgehead atoms. The van der Waals surface area contributed by atoms with Gasteiger partial charge in [-0.3, -0.25) is 0 Å². The highest BCUT2D eigenvalue weighted by atomic mass is 16.6. The van der Waals surface area contributed by atoms with Gasteiger partial charge in [0.25, 0.3) is 0 Å². The van der Waals surface area contributed by atoms with Crippen molar-refractivity contribution in [3.63, 3.8) is 0 Å². The van der Waals surface area contributed by atoms with Crippen molar-refractivity contribution in [3.05, 3.63) is 0 Å². The second-order valence-electron chi connectivity index (χ2n) is 1.70. The number of hydrogen-bond donors (Lipinski definition) is 2. The van der Waals surface area contributed by atoms with Crippen LogP contribution in [0.3, 0.4) is 0 Å². The molecule has 0 aromatic heterocycles. The molecule has 4 N–H and O–H groups in total. The molecule has 4 heteroatoms. The molecule has 0 radical (unpaired) electrons. The van der Waals surface area contributed by atoms with Crippen LogP contribution in [0.15, 0.2) is 0 Å². The molecule has 0 amide bonds. The van der Waals surface area contributed by atoms with E-state index in [1.54, 1.807) is 13.8 Å². The molecule has 0 saturated carbocycles. The quantitative estimate of drug-likeness (QED) is 0.526. The first-order chi connectivity index (χ1) is 3.66. The highest BCUT2D eigenvalue weighted by Crippen LogP contribution is 1.86. The Labute approximate surface area is 54.4 Å². The summed E-state index contributed by atoms with van der Waals surface area (Å²) in [5.74, 6) is -0.569. The van der Waals surface area contributed by atoms with Crippen molar-refractivity contribution in [2.24, 2.45) is 0 Å². The van der Waals surface area contributed by atoms with Gasteiger partial charge in [-0.25, -0.2) is 4.79 Å². The Bertz CT molecular complexity index is 82.3. The third-order valence-corrected chi connectivity index (χ3v) is 0.496. The number of aliphatic hydroxyl groups is 1. The van der Waals surface area contributed by atoms with Gasteiger partial charge < -0.3 is 16.0 Å². The van der Waals surface area contributed by atoms with E-state index >= 15 is 0 Å². The minimum Gasteiger partial charge on any atom is -0.461 e. The second kappa shape index (κ2) is 5.53. The minimum atomic E-state index is -0.569. The van der Waals surface area contributed by atoms with Crippen molar-refractivity contribution in [2.45, 2.75) is 20.0 Å². The molecule has 0 rings (SSSR count). The van der Waals surface area contributed by atoms with Crippen LogP contribution in [-0.4, -0.2) is 23.8 Å². The summed E-state index contributed by atoms with van der Waals surface area (Å²) in [5, 5.41) is 8.11. The Kier molecular flexibility index (Phi) is 6.89. The van der Waals surface area contributed by atoms with Crippen molar-refractivity contribution in [1.82, 2.24) is 6.15 Å². The number of ether oxygens (including phenoxy) is 1. The van der Waals surface area contributed by atoms with Gasteiger partial charge in [0.1, 0.15) is 6.61 Å². The lowest BCUT2D eigenvalue weighted by Gasteiger charge is -2.03. The van der Waals surface area contributed by atoms with Gasteiger partial charge >= 0.3 is 5.97 Å². The Hall–Kier alpha value is -0.610. The zero-order valence-electron chi connectivity index (χ0n) is 5.76. The average Bonchev–Trinajstić information content (AvgIpc) is 1.65. The van der Waals surface area contributed by atoms with E-state index in [-0.39, 0.29) is 12.3 Å². The molecule has 0 spiro atoms. The van der Waals surface area contributed by atoms with Gasteiger partial charge in [0, 0.05) is 0 Å². The zero-order chi connectivity index (χ0) is 6.57. The van der Waals surface area contributed by atoms with E-state index in [9.17, 15) is 4.79 Å². The van der Waals surface area contributed by atoms with Gasteiger partial charge in [-0.2, -0.15) is 0 Å². The fourth-order valence-corrected chi connectivity index (χ4v) is 0.300. The van der Waals surface area contributed by atoms with Crippen LogP contribution in [0.1, 0.15) is 13.8 Å². The van der Waals surface area contributed by atoms with Crippen molar-refractivity contribution in [2.75, 3.05) is 6.61 Å². The minimum absolute atomic E-state index is 0. The summed E-state index contributed by atoms with van der Waals surface area (Å²) in [6.07, 6.45) is -0.130. The molecule has 0 unspecified atom stereocenters. The Morgan fingerprint density at radius 1 is 1.67 bits per heavy atom. The van der Waals surface area contributed by atoms with Gasteiger partial charge in [0.15, 0.2) is 0 Å². The summed E-state index contributed by atoms with van der Waals surface area (Å²) in [6.45, 7) is 2.93. The number of carbonyl (C=O) groups excluding carboxylic acids is 1. The largest absolute Gasteiger partial charge is 0.461 e. The van der Waals surface area contributed by atoms with Gasteiger partial charge in [-0.1, -0.05) is 0 Å². The van der Waals surface area contributed by atoms with Crippen molar-refractivity contribution in [3.8, 4) is 0 Å². The maximum atomic E-state index is 10.2. The number of hydrogen-bond acceptors (Lipinski definition) is 4. The predicted molar refractivity (Wildman–Crippen MR) is 33.3 cm³/mol. The normalized spacial score (nSPS) is 8.44. The third kappa shape index (κ3) is 7.39. The first-order valence-corrected chi connectivity index (χ1v) is 2.47. The third-order valence-electron chi connectivity index (χ3n) is 0.496. The van der Waals surface area contributed by atoms with Crippen LogP contribution < -0.4 is 6.15 Å². The van der Waals surface area contributed by atoms with Crippen molar-refractivity contribution < 1.29 is 14.6 Å². The molecule has 0 fully saturated rings. The first kappa shape index (κ1) is 11.2. The molecule has 4 nitrogen and oxygen atoms in total. The van der Waals surface area contributed by atoms with E-state index in [0.717, 1.165) is 0 Å². The molecular weight excluding hydrogens is 122 g/mol. The average molecular weight is 135 g/mol. The fourth-order valence-electron chi connectivity index (χ4n) is 0.300. The summed E-state index contributed by atoms with van der Waals surface area (Å²) in [4.78, 5) is 10.2. The lowest BCUT2D eigenvalue weighted by atomic mass is 10.5. The second-order valence-corrected chi connectivity index (χ2v) is 1.70. The van der Waals surface area contributed by atoms with Crippen LogP contribution >= 0.6 is 0 Å². The van der Waals surface area contributed by atoms with E-state index in [0.29, 0.717) is 0 Å². The highest BCUT2D eigenvalue weighted by Gasteiger charge is 2.00. The van der Waals surface area contributed by atoms with Crippen LogP contribution in [0.4, 0.5) is 0 Å². The van der Waals surface area contributed by atoms with Crippen molar-refractivity contribution in [1.29, 1.82) is 0 Å². The van der Waals surface area contributed by atoms with Gasteiger partial charge in [-0.15, -0.1) is 0 Å². The molecule has 0 heterocycles. The van der Waals surface area contributed by atoms with Crippen LogP contribution in [0, 0.1) is 0 Å². The van der Waals surface area contributed by atoms with E-state index in [1.807, 2.05) is 0 Å². The van der Waals surface area contributed by atoms with E-state index < -0.39 is 12.6 Å². The monoisotopic (exact) mass is 135 g/mol. The van der Waals surface area contributed by atoms with Gasteiger partial charge in [-0.05, 0) is 13.8 Å². The van der Waals surface area contributed by atoms with Gasteiger partial charge in [0.2, 0.25) is 0 Å². The molecule has 56 valence electrons. The van der Waals surface area contributed by atoms with E-state index in [2.05, 4.69) is 4.74 Å². The standard InChI is InChI=1S/C5H10O3.H3N/c1-4(2)8-5(7)3-6;/h4,6H,3H2,1-2H3;1H3. The van der Waals surface area contributed by atoms with Crippen LogP contribution in [0.2, 0.25) is 0 Å². The lowest BCUT2D eigenvalue weighted by Crippen LogP contribution is -2.14. The maximum absolute atomic E-state index is 10.2. The maximum Gasteiger partial charge on any atom is 0.332 e. The molecule has 0 saturated heterocycles. The molecule has 9 heavy (non-hydrogen) atoms. The summed E-state index contributed by atoms with van der Waals surface area (Å²) in [6, 6.07) is 0. The number of aliphatic hydroxyl groups excluding tert-OH is 1. The Balaban J connectivity index is 0. The molecule has 0 aliphatic rings. The predicted octanol–water partition coefficient (Wildman–Crippen LogP) is 0.0923. The van der Waals surface area contributed by atoms with Crippen molar-refractivity contribution >= 4 is 5.97 Å². The molecule has 0 aromatic rings. The van der Waals surface area contributed by atoms with Crippen LogP contribution in [-0.2, 0) is 9.53 Å². The lowest BCUT2D eigenvalue weighted by molar-refractivity contribution is -0.150. The number of rotatable bonds is 2. The summed E-state index contributed by atoms with van der Waals surface area (Å²) in [5.41, 5.74) is 0. The van der Waals surface area contributed by atoms with Crippen LogP contribution in [0.5, 0.6) is 0 Å². The Morgan fingerprint density at radius 2 is 2.11 bits per heavy atom.